The highest BCUT2D eigenvalue weighted by molar-refractivity contribution is 7.93. The van der Waals surface area contributed by atoms with Crippen LogP contribution in [0.4, 0.5) is 5.13 Å². The predicted octanol–water partition coefficient (Wildman–Crippen LogP) is 1.76. The first-order valence-electron chi connectivity index (χ1n) is 5.96. The Morgan fingerprint density at radius 1 is 1.35 bits per heavy atom. The van der Waals surface area contributed by atoms with Crippen molar-refractivity contribution < 1.29 is 22.9 Å². The zero-order chi connectivity index (χ0) is 16.6. The Morgan fingerprint density at radius 2 is 2.09 bits per heavy atom. The van der Waals surface area contributed by atoms with Crippen LogP contribution < -0.4 is 4.72 Å². The molecule has 23 heavy (non-hydrogen) atoms. The van der Waals surface area contributed by atoms with Gasteiger partial charge in [0.15, 0.2) is 16.2 Å². The minimum atomic E-state index is -4.01. The van der Waals surface area contributed by atoms with E-state index in [9.17, 15) is 13.2 Å². The molecule has 0 radical (unpaired) electrons. The van der Waals surface area contributed by atoms with Gasteiger partial charge in [0, 0.05) is 5.38 Å². The quantitative estimate of drug-likeness (QED) is 0.689. The van der Waals surface area contributed by atoms with E-state index in [1.165, 1.54) is 17.5 Å². The molecular formula is C11H7ClN4O5S2. The van der Waals surface area contributed by atoms with Crippen molar-refractivity contribution >= 4 is 55.1 Å². The van der Waals surface area contributed by atoms with Crippen molar-refractivity contribution in [1.82, 2.24) is 15.3 Å². The second-order valence-electron chi connectivity index (χ2n) is 4.33. The second-order valence-corrected chi connectivity index (χ2v) is 7.24. The zero-order valence-electron chi connectivity index (χ0n) is 11.1. The summed E-state index contributed by atoms with van der Waals surface area (Å²) in [5.41, 5.74) is 0.372. The van der Waals surface area contributed by atoms with Crippen molar-refractivity contribution in [3.05, 3.63) is 28.2 Å². The van der Waals surface area contributed by atoms with E-state index < -0.39 is 16.0 Å². The lowest BCUT2D eigenvalue weighted by Crippen LogP contribution is -2.13. The largest absolute Gasteiger partial charge is 0.481 e. The van der Waals surface area contributed by atoms with E-state index in [2.05, 4.69) is 24.6 Å². The molecule has 2 heterocycles. The van der Waals surface area contributed by atoms with E-state index in [0.29, 0.717) is 0 Å². The Bertz CT molecular complexity index is 997. The maximum absolute atomic E-state index is 12.4. The van der Waals surface area contributed by atoms with E-state index >= 15 is 0 Å². The number of fused-ring (bicyclic) bond motifs is 1. The number of nitrogens with one attached hydrogen (secondary N) is 1. The molecule has 3 aromatic rings. The molecule has 0 aliphatic carbocycles. The fourth-order valence-electron chi connectivity index (χ4n) is 1.79. The Kier molecular flexibility index (Phi) is 3.92. The molecule has 9 nitrogen and oxygen atoms in total. The van der Waals surface area contributed by atoms with Crippen LogP contribution in [0.25, 0.3) is 11.0 Å². The molecule has 1 aromatic carbocycles. The predicted molar refractivity (Wildman–Crippen MR) is 81.1 cm³/mol. The molecule has 0 aliphatic heterocycles. The van der Waals surface area contributed by atoms with E-state index in [1.54, 1.807) is 0 Å². The first-order chi connectivity index (χ1) is 10.9. The summed E-state index contributed by atoms with van der Waals surface area (Å²) in [6.45, 7) is 0. The topological polar surface area (TPSA) is 135 Å². The van der Waals surface area contributed by atoms with Crippen molar-refractivity contribution in [3.63, 3.8) is 0 Å². The number of aliphatic carboxylic acids is 1. The Labute approximate surface area is 137 Å². The number of sulfonamides is 1. The van der Waals surface area contributed by atoms with Gasteiger partial charge in [-0.05, 0) is 22.4 Å². The number of anilines is 1. The molecule has 0 amide bonds. The minimum Gasteiger partial charge on any atom is -0.481 e. The number of thiazole rings is 1. The molecule has 2 aromatic heterocycles. The maximum atomic E-state index is 12.4. The fourth-order valence-corrected chi connectivity index (χ4v) is 4.07. The highest BCUT2D eigenvalue weighted by Crippen LogP contribution is 2.28. The summed E-state index contributed by atoms with van der Waals surface area (Å²) in [7, 11) is -4.01. The molecule has 0 aliphatic rings. The molecule has 0 saturated carbocycles. The van der Waals surface area contributed by atoms with Crippen molar-refractivity contribution in [2.45, 2.75) is 11.3 Å². The molecule has 0 fully saturated rings. The van der Waals surface area contributed by atoms with E-state index in [0.717, 1.165) is 11.3 Å². The summed E-state index contributed by atoms with van der Waals surface area (Å²) >= 11 is 6.86. The number of hydrogen-bond acceptors (Lipinski definition) is 8. The van der Waals surface area contributed by atoms with Crippen molar-refractivity contribution in [1.29, 1.82) is 0 Å². The average Bonchev–Trinajstić information content (AvgIpc) is 3.07. The van der Waals surface area contributed by atoms with Gasteiger partial charge in [-0.25, -0.2) is 18.0 Å². The summed E-state index contributed by atoms with van der Waals surface area (Å²) in [6, 6.07) is 2.63. The van der Waals surface area contributed by atoms with Gasteiger partial charge >= 0.3 is 5.97 Å². The van der Waals surface area contributed by atoms with Gasteiger partial charge in [-0.1, -0.05) is 11.6 Å². The van der Waals surface area contributed by atoms with Gasteiger partial charge in [0.05, 0.1) is 17.1 Å². The summed E-state index contributed by atoms with van der Waals surface area (Å²) in [5, 5.41) is 17.5. The highest BCUT2D eigenvalue weighted by atomic mass is 35.5. The van der Waals surface area contributed by atoms with Crippen LogP contribution in [-0.4, -0.2) is 34.8 Å². The monoisotopic (exact) mass is 374 g/mol. The summed E-state index contributed by atoms with van der Waals surface area (Å²) in [4.78, 5) is 14.4. The number of benzene rings is 1. The Morgan fingerprint density at radius 3 is 2.83 bits per heavy atom. The number of carbonyl (C=O) groups is 1. The summed E-state index contributed by atoms with van der Waals surface area (Å²) in [6.07, 6.45) is -0.295. The van der Waals surface area contributed by atoms with Gasteiger partial charge in [-0.3, -0.25) is 9.52 Å². The van der Waals surface area contributed by atoms with Crippen molar-refractivity contribution in [2.75, 3.05) is 4.72 Å². The zero-order valence-corrected chi connectivity index (χ0v) is 13.4. The lowest BCUT2D eigenvalue weighted by atomic mass is 10.3. The van der Waals surface area contributed by atoms with Gasteiger partial charge < -0.3 is 5.11 Å². The number of carboxylic acid groups (broad SMARTS) is 1. The van der Waals surface area contributed by atoms with Crippen molar-refractivity contribution in [2.24, 2.45) is 0 Å². The molecular weight excluding hydrogens is 368 g/mol. The summed E-state index contributed by atoms with van der Waals surface area (Å²) < 4.78 is 31.7. The maximum Gasteiger partial charge on any atom is 0.309 e. The van der Waals surface area contributed by atoms with E-state index in [1.807, 2.05) is 0 Å². The standard InChI is InChI=1S/C11H7ClN4O5S2/c12-6-1-2-7(10-9(6)14-21-15-10)23(19,20)16-11-13-5(4-22-11)3-8(17)18/h1-2,4H,3H2,(H,13,16)(H,17,18). The molecule has 0 bridgehead atoms. The number of aromatic nitrogens is 3. The molecule has 0 spiro atoms. The third kappa shape index (κ3) is 3.11. The normalized spacial score (nSPS) is 11.7. The van der Waals surface area contributed by atoms with Crippen LogP contribution in [0.5, 0.6) is 0 Å². The second kappa shape index (κ2) is 5.76. The molecule has 0 saturated heterocycles. The highest BCUT2D eigenvalue weighted by Gasteiger charge is 2.23. The Balaban J connectivity index is 1.95. The molecule has 12 heteroatoms. The van der Waals surface area contributed by atoms with Crippen molar-refractivity contribution in [3.8, 4) is 0 Å². The summed E-state index contributed by atoms with van der Waals surface area (Å²) in [5.74, 6) is -1.06. The van der Waals surface area contributed by atoms with Crippen LogP contribution in [0.1, 0.15) is 5.69 Å². The van der Waals surface area contributed by atoms with Crippen LogP contribution in [0.2, 0.25) is 5.02 Å². The first-order valence-corrected chi connectivity index (χ1v) is 8.70. The third-order valence-corrected chi connectivity index (χ3v) is 5.34. The molecule has 0 unspecified atom stereocenters. The average molecular weight is 375 g/mol. The van der Waals surface area contributed by atoms with Crippen LogP contribution in [0.3, 0.4) is 0 Å². The van der Waals surface area contributed by atoms with E-state index in [4.69, 9.17) is 16.7 Å². The van der Waals surface area contributed by atoms with Crippen LogP contribution in [0.15, 0.2) is 27.0 Å². The molecule has 2 N–H and O–H groups in total. The van der Waals surface area contributed by atoms with E-state index in [-0.39, 0.29) is 38.2 Å². The lowest BCUT2D eigenvalue weighted by Gasteiger charge is -2.05. The number of hydrogen-bond donors (Lipinski definition) is 2. The molecule has 120 valence electrons. The molecule has 0 atom stereocenters. The van der Waals surface area contributed by atoms with Crippen LogP contribution in [0, 0.1) is 0 Å². The first kappa shape index (κ1) is 15.6. The Hall–Kier alpha value is -2.24. The lowest BCUT2D eigenvalue weighted by molar-refractivity contribution is -0.136. The van der Waals surface area contributed by atoms with Gasteiger partial charge in [0.1, 0.15) is 4.90 Å². The number of halogens is 1. The van der Waals surface area contributed by atoms with Gasteiger partial charge in [0.25, 0.3) is 10.0 Å². The number of rotatable bonds is 5. The van der Waals surface area contributed by atoms with Gasteiger partial charge in [0.2, 0.25) is 0 Å². The minimum absolute atomic E-state index is 0.00712. The smallest absolute Gasteiger partial charge is 0.309 e. The van der Waals surface area contributed by atoms with Crippen LogP contribution >= 0.6 is 22.9 Å². The van der Waals surface area contributed by atoms with Crippen LogP contribution in [-0.2, 0) is 21.2 Å². The SMILES string of the molecule is O=C(O)Cc1csc(NS(=O)(=O)c2ccc(Cl)c3nonc23)n1. The van der Waals surface area contributed by atoms with Gasteiger partial charge in [-0.15, -0.1) is 11.3 Å². The third-order valence-electron chi connectivity index (χ3n) is 2.72. The van der Waals surface area contributed by atoms with Gasteiger partial charge in [-0.2, -0.15) is 0 Å². The fraction of sp³-hybridized carbons (Fsp3) is 0.0909. The molecule has 3 rings (SSSR count). The number of carboxylic acids is 1. The number of nitrogens with zero attached hydrogens (tertiary/aromatic N) is 3.